The van der Waals surface area contributed by atoms with Crippen molar-refractivity contribution in [1.82, 2.24) is 9.97 Å². The van der Waals surface area contributed by atoms with Crippen molar-refractivity contribution in [2.45, 2.75) is 13.3 Å². The number of fused-ring (bicyclic) bond motifs is 1. The molecule has 0 aliphatic heterocycles. The lowest BCUT2D eigenvalue weighted by atomic mass is 10.1. The summed E-state index contributed by atoms with van der Waals surface area (Å²) in [4.78, 5) is 7.48. The van der Waals surface area contributed by atoms with Gasteiger partial charge in [0.15, 0.2) is 0 Å². The molecule has 0 saturated heterocycles. The van der Waals surface area contributed by atoms with E-state index >= 15 is 0 Å². The van der Waals surface area contributed by atoms with Gasteiger partial charge >= 0.3 is 0 Å². The highest BCUT2D eigenvalue weighted by Gasteiger charge is 2.04. The average Bonchev–Trinajstić information content (AvgIpc) is 2.92. The summed E-state index contributed by atoms with van der Waals surface area (Å²) in [6, 6.07) is 12.0. The molecule has 2 N–H and O–H groups in total. The molecular formula is C16H16N4. The lowest BCUT2D eigenvalue weighted by molar-refractivity contribution is 1.15. The fourth-order valence-electron chi connectivity index (χ4n) is 2.24. The van der Waals surface area contributed by atoms with Crippen LogP contribution in [0.5, 0.6) is 0 Å². The number of nitrogens with zero attached hydrogens (tertiary/aromatic N) is 2. The molecule has 0 unspecified atom stereocenters. The lowest BCUT2D eigenvalue weighted by Gasteiger charge is -1.99. The predicted molar refractivity (Wildman–Crippen MR) is 83.1 cm³/mol. The normalized spacial score (nSPS) is 11.2. The van der Waals surface area contributed by atoms with Crippen molar-refractivity contribution < 1.29 is 0 Å². The summed E-state index contributed by atoms with van der Waals surface area (Å²) in [7, 11) is 0. The number of para-hydroxylation sites is 1. The molecule has 0 spiro atoms. The van der Waals surface area contributed by atoms with E-state index in [1.165, 1.54) is 16.5 Å². The van der Waals surface area contributed by atoms with E-state index in [0.29, 0.717) is 0 Å². The van der Waals surface area contributed by atoms with E-state index < -0.39 is 0 Å². The average molecular weight is 264 g/mol. The minimum atomic E-state index is 0.734. The minimum Gasteiger partial charge on any atom is -0.360 e. The highest BCUT2D eigenvalue weighted by molar-refractivity contribution is 6.00. The first-order chi connectivity index (χ1) is 9.88. The first-order valence-electron chi connectivity index (χ1n) is 6.67. The smallest absolute Gasteiger partial charge is 0.146 e. The Hall–Kier alpha value is -2.62. The number of aromatic nitrogens is 2. The van der Waals surface area contributed by atoms with Crippen LogP contribution < -0.4 is 5.43 Å². The number of H-pyrrole nitrogens is 1. The van der Waals surface area contributed by atoms with Gasteiger partial charge in [-0.1, -0.05) is 31.2 Å². The summed E-state index contributed by atoms with van der Waals surface area (Å²) in [5, 5.41) is 5.42. The van der Waals surface area contributed by atoms with E-state index in [-0.39, 0.29) is 0 Å². The third-order valence-corrected chi connectivity index (χ3v) is 3.26. The Morgan fingerprint density at radius 3 is 3.00 bits per heavy atom. The number of anilines is 1. The van der Waals surface area contributed by atoms with Crippen molar-refractivity contribution in [3.05, 3.63) is 59.9 Å². The van der Waals surface area contributed by atoms with Crippen molar-refractivity contribution in [2.24, 2.45) is 5.10 Å². The van der Waals surface area contributed by atoms with Gasteiger partial charge in [-0.15, -0.1) is 0 Å². The van der Waals surface area contributed by atoms with Gasteiger partial charge in [0.1, 0.15) is 5.82 Å². The number of hydrogen-bond donors (Lipinski definition) is 2. The maximum Gasteiger partial charge on any atom is 0.146 e. The molecule has 0 aliphatic carbocycles. The van der Waals surface area contributed by atoms with Crippen molar-refractivity contribution in [1.29, 1.82) is 0 Å². The maximum absolute atomic E-state index is 4.23. The molecule has 3 rings (SSSR count). The Bertz CT molecular complexity index is 729. The van der Waals surface area contributed by atoms with E-state index in [1.807, 2.05) is 30.6 Å². The molecule has 0 atom stereocenters. The topological polar surface area (TPSA) is 53.1 Å². The number of aromatic amines is 1. The fraction of sp³-hybridized carbons (Fsp3) is 0.125. The zero-order valence-electron chi connectivity index (χ0n) is 11.3. The molecule has 0 fully saturated rings. The first kappa shape index (κ1) is 12.4. The summed E-state index contributed by atoms with van der Waals surface area (Å²) in [6.07, 6.45) is 6.54. The zero-order valence-corrected chi connectivity index (χ0v) is 11.3. The number of pyridine rings is 1. The SMILES string of the molecule is CCc1cccc2c(C=NNc3ccccn3)c[nH]c12. The molecular weight excluding hydrogens is 248 g/mol. The highest BCUT2D eigenvalue weighted by Crippen LogP contribution is 2.21. The van der Waals surface area contributed by atoms with E-state index in [9.17, 15) is 0 Å². The molecule has 0 aliphatic rings. The van der Waals surface area contributed by atoms with Gasteiger partial charge in [-0.2, -0.15) is 5.10 Å². The van der Waals surface area contributed by atoms with Crippen LogP contribution in [0.15, 0.2) is 53.9 Å². The van der Waals surface area contributed by atoms with Crippen molar-refractivity contribution in [2.75, 3.05) is 5.43 Å². The second kappa shape index (κ2) is 5.57. The van der Waals surface area contributed by atoms with Crippen LogP contribution in [-0.2, 0) is 6.42 Å². The number of benzene rings is 1. The Balaban J connectivity index is 1.84. The van der Waals surface area contributed by atoms with Gasteiger partial charge in [0.25, 0.3) is 0 Å². The van der Waals surface area contributed by atoms with Crippen LogP contribution in [0.4, 0.5) is 5.82 Å². The van der Waals surface area contributed by atoms with Crippen LogP contribution in [0.1, 0.15) is 18.1 Å². The zero-order chi connectivity index (χ0) is 13.8. The van der Waals surface area contributed by atoms with Gasteiger partial charge in [-0.05, 0) is 24.1 Å². The number of hydrogen-bond acceptors (Lipinski definition) is 3. The van der Waals surface area contributed by atoms with E-state index in [4.69, 9.17) is 0 Å². The molecule has 0 saturated carbocycles. The number of hydrazone groups is 1. The Morgan fingerprint density at radius 1 is 1.25 bits per heavy atom. The summed E-state index contributed by atoms with van der Waals surface area (Å²) in [6.45, 7) is 2.16. The van der Waals surface area contributed by atoms with E-state index in [2.05, 4.69) is 45.6 Å². The van der Waals surface area contributed by atoms with Crippen LogP contribution in [0.2, 0.25) is 0 Å². The predicted octanol–water partition coefficient (Wildman–Crippen LogP) is 3.57. The third-order valence-electron chi connectivity index (χ3n) is 3.26. The molecule has 100 valence electrons. The third kappa shape index (κ3) is 2.40. The van der Waals surface area contributed by atoms with Gasteiger partial charge in [0.2, 0.25) is 0 Å². The molecule has 0 bridgehead atoms. The molecule has 0 radical (unpaired) electrons. The van der Waals surface area contributed by atoms with Crippen molar-refractivity contribution >= 4 is 22.9 Å². The summed E-state index contributed by atoms with van der Waals surface area (Å²) in [5.41, 5.74) is 6.50. The summed E-state index contributed by atoms with van der Waals surface area (Å²) in [5.74, 6) is 0.734. The monoisotopic (exact) mass is 264 g/mol. The fourth-order valence-corrected chi connectivity index (χ4v) is 2.24. The lowest BCUT2D eigenvalue weighted by Crippen LogP contribution is -1.92. The molecule has 4 heteroatoms. The number of rotatable bonds is 4. The molecule has 2 aromatic heterocycles. The van der Waals surface area contributed by atoms with E-state index in [0.717, 1.165) is 17.8 Å². The van der Waals surface area contributed by atoms with Gasteiger partial charge in [0, 0.05) is 28.9 Å². The van der Waals surface area contributed by atoms with Crippen LogP contribution >= 0.6 is 0 Å². The van der Waals surface area contributed by atoms with Crippen molar-refractivity contribution in [3.8, 4) is 0 Å². The molecule has 1 aromatic carbocycles. The molecule has 0 amide bonds. The molecule has 3 aromatic rings. The highest BCUT2D eigenvalue weighted by atomic mass is 15.3. The minimum absolute atomic E-state index is 0.734. The second-order valence-electron chi connectivity index (χ2n) is 4.52. The Morgan fingerprint density at radius 2 is 2.20 bits per heavy atom. The van der Waals surface area contributed by atoms with Gasteiger partial charge < -0.3 is 4.98 Å². The Kier molecular flexibility index (Phi) is 3.46. The molecule has 20 heavy (non-hydrogen) atoms. The summed E-state index contributed by atoms with van der Waals surface area (Å²) >= 11 is 0. The Labute approximate surface area is 117 Å². The summed E-state index contributed by atoms with van der Waals surface area (Å²) < 4.78 is 0. The van der Waals surface area contributed by atoms with Crippen LogP contribution in [0.3, 0.4) is 0 Å². The van der Waals surface area contributed by atoms with Crippen LogP contribution in [0, 0.1) is 0 Å². The quantitative estimate of drug-likeness (QED) is 0.559. The van der Waals surface area contributed by atoms with Gasteiger partial charge in [-0.3, -0.25) is 5.43 Å². The van der Waals surface area contributed by atoms with Crippen LogP contribution in [0.25, 0.3) is 10.9 Å². The first-order valence-corrected chi connectivity index (χ1v) is 6.67. The van der Waals surface area contributed by atoms with Crippen LogP contribution in [-0.4, -0.2) is 16.2 Å². The second-order valence-corrected chi connectivity index (χ2v) is 4.52. The van der Waals surface area contributed by atoms with Gasteiger partial charge in [0.05, 0.1) is 6.21 Å². The molecule has 4 nitrogen and oxygen atoms in total. The largest absolute Gasteiger partial charge is 0.360 e. The maximum atomic E-state index is 4.23. The van der Waals surface area contributed by atoms with Crippen molar-refractivity contribution in [3.63, 3.8) is 0 Å². The van der Waals surface area contributed by atoms with Gasteiger partial charge in [-0.25, -0.2) is 4.98 Å². The molecule has 2 heterocycles. The number of nitrogens with one attached hydrogen (secondary N) is 2. The van der Waals surface area contributed by atoms with E-state index in [1.54, 1.807) is 6.20 Å². The number of aryl methyl sites for hydroxylation is 1. The standard InChI is InChI=1S/C16H16N4/c1-2-12-6-5-7-14-13(10-18-16(12)14)11-19-20-15-8-3-4-9-17-15/h3-11,18H,2H2,1H3,(H,17,20).